The van der Waals surface area contributed by atoms with Gasteiger partial charge in [0, 0.05) is 5.56 Å². The minimum Gasteiger partial charge on any atom is -0.347 e. The third-order valence-electron chi connectivity index (χ3n) is 5.87. The summed E-state index contributed by atoms with van der Waals surface area (Å²) < 4.78 is 7.54. The van der Waals surface area contributed by atoms with Crippen LogP contribution in [0, 0.1) is 0 Å². The van der Waals surface area contributed by atoms with E-state index in [4.69, 9.17) is 14.6 Å². The van der Waals surface area contributed by atoms with E-state index in [1.54, 1.807) is 30.6 Å². The highest BCUT2D eigenvalue weighted by atomic mass is 32.2. The number of fused-ring (bicyclic) bond motifs is 3. The van der Waals surface area contributed by atoms with Gasteiger partial charge in [-0.15, -0.1) is 11.8 Å². The van der Waals surface area contributed by atoms with Gasteiger partial charge in [-0.25, -0.2) is 5.06 Å². The van der Waals surface area contributed by atoms with Crippen molar-refractivity contribution in [1.29, 1.82) is 0 Å². The lowest BCUT2D eigenvalue weighted by Gasteiger charge is -2.35. The van der Waals surface area contributed by atoms with Crippen LogP contribution in [0.25, 0.3) is 10.8 Å². The smallest absolute Gasteiger partial charge is 0.176 e. The molecule has 154 valence electrons. The molecule has 0 fully saturated rings. The molecular weight excluding hydrogens is 412 g/mol. The summed E-state index contributed by atoms with van der Waals surface area (Å²) in [6.07, 6.45) is 1.70. The SMILES string of the molecule is CON1c2ccccc2[C@@]2(CN=C(SC)S2)[C@H]1O[C@@H](C)c1ccc2ccccc2c1. The molecule has 1 spiro atoms. The van der Waals surface area contributed by atoms with E-state index in [9.17, 15) is 0 Å². The second-order valence-electron chi connectivity index (χ2n) is 7.54. The Bertz CT molecular complexity index is 1120. The number of anilines is 1. The number of hydroxylamine groups is 1. The van der Waals surface area contributed by atoms with Crippen LogP contribution in [0.15, 0.2) is 71.7 Å². The molecule has 4 nitrogen and oxygen atoms in total. The molecule has 0 unspecified atom stereocenters. The zero-order valence-electron chi connectivity index (χ0n) is 17.2. The summed E-state index contributed by atoms with van der Waals surface area (Å²) in [5, 5.41) is 4.38. The van der Waals surface area contributed by atoms with Crippen molar-refractivity contribution in [3.8, 4) is 0 Å². The number of rotatable bonds is 4. The van der Waals surface area contributed by atoms with Gasteiger partial charge in [0.15, 0.2) is 6.23 Å². The predicted molar refractivity (Wildman–Crippen MR) is 128 cm³/mol. The molecule has 2 aliphatic rings. The molecule has 0 aliphatic carbocycles. The van der Waals surface area contributed by atoms with Crippen LogP contribution in [0.2, 0.25) is 0 Å². The summed E-state index contributed by atoms with van der Waals surface area (Å²) in [5.74, 6) is 0. The summed E-state index contributed by atoms with van der Waals surface area (Å²) in [7, 11) is 1.71. The summed E-state index contributed by atoms with van der Waals surface area (Å²) in [5.41, 5.74) is 3.44. The number of ether oxygens (including phenoxy) is 1. The number of hydrogen-bond donors (Lipinski definition) is 0. The topological polar surface area (TPSA) is 34.1 Å². The van der Waals surface area contributed by atoms with Crippen LogP contribution >= 0.6 is 23.5 Å². The van der Waals surface area contributed by atoms with Gasteiger partial charge in [-0.1, -0.05) is 66.4 Å². The molecule has 5 rings (SSSR count). The Morgan fingerprint density at radius 2 is 1.87 bits per heavy atom. The van der Waals surface area contributed by atoms with E-state index in [1.165, 1.54) is 16.3 Å². The van der Waals surface area contributed by atoms with Gasteiger partial charge in [0.2, 0.25) is 0 Å². The number of thioether (sulfide) groups is 2. The Balaban J connectivity index is 1.51. The van der Waals surface area contributed by atoms with Crippen molar-refractivity contribution < 1.29 is 9.57 Å². The molecule has 0 aromatic heterocycles. The minimum absolute atomic E-state index is 0.0950. The Morgan fingerprint density at radius 3 is 2.63 bits per heavy atom. The lowest BCUT2D eigenvalue weighted by atomic mass is 9.98. The van der Waals surface area contributed by atoms with Crippen molar-refractivity contribution in [2.75, 3.05) is 25.0 Å². The van der Waals surface area contributed by atoms with Gasteiger partial charge in [0.25, 0.3) is 0 Å². The first-order chi connectivity index (χ1) is 14.7. The Kier molecular flexibility index (Phi) is 5.27. The highest BCUT2D eigenvalue weighted by Crippen LogP contribution is 2.57. The molecule has 0 N–H and O–H groups in total. The zero-order valence-corrected chi connectivity index (χ0v) is 18.9. The largest absolute Gasteiger partial charge is 0.347 e. The number of para-hydroxylation sites is 1. The van der Waals surface area contributed by atoms with Crippen LogP contribution in [0.5, 0.6) is 0 Å². The molecule has 0 saturated carbocycles. The Morgan fingerprint density at radius 1 is 1.10 bits per heavy atom. The van der Waals surface area contributed by atoms with Gasteiger partial charge < -0.3 is 4.74 Å². The van der Waals surface area contributed by atoms with Gasteiger partial charge in [0.05, 0.1) is 25.4 Å². The molecule has 0 amide bonds. The second kappa shape index (κ2) is 7.93. The van der Waals surface area contributed by atoms with Crippen molar-refractivity contribution in [1.82, 2.24) is 0 Å². The monoisotopic (exact) mass is 436 g/mol. The van der Waals surface area contributed by atoms with E-state index in [0.717, 1.165) is 15.6 Å². The van der Waals surface area contributed by atoms with Crippen molar-refractivity contribution in [3.63, 3.8) is 0 Å². The summed E-state index contributed by atoms with van der Waals surface area (Å²) >= 11 is 3.49. The first-order valence-electron chi connectivity index (χ1n) is 10.0. The normalized spacial score (nSPS) is 23.8. The van der Waals surface area contributed by atoms with Crippen LogP contribution in [-0.4, -0.2) is 30.5 Å². The lowest BCUT2D eigenvalue weighted by molar-refractivity contribution is -0.0681. The molecule has 0 bridgehead atoms. The van der Waals surface area contributed by atoms with Gasteiger partial charge in [-0.2, -0.15) is 0 Å². The molecule has 2 heterocycles. The predicted octanol–water partition coefficient (Wildman–Crippen LogP) is 5.99. The van der Waals surface area contributed by atoms with E-state index in [1.807, 2.05) is 11.1 Å². The standard InChI is InChI=1S/C24H24N2O2S2/c1-16(18-13-12-17-8-4-5-9-19(17)14-18)28-22-24(15-25-23(29-3)30-24)20-10-6-7-11-21(20)26(22)27-2/h4-14,16,22H,15H2,1-3H3/t16-,22+,24-/m0/s1. The van der Waals surface area contributed by atoms with E-state index in [0.29, 0.717) is 6.54 Å². The average molecular weight is 437 g/mol. The number of aliphatic imine (C=N–C) groups is 1. The van der Waals surface area contributed by atoms with Crippen LogP contribution in [0.3, 0.4) is 0 Å². The van der Waals surface area contributed by atoms with Crippen molar-refractivity contribution in [3.05, 3.63) is 77.9 Å². The van der Waals surface area contributed by atoms with E-state index in [2.05, 4.69) is 73.8 Å². The number of hydrogen-bond acceptors (Lipinski definition) is 6. The molecule has 0 radical (unpaired) electrons. The minimum atomic E-state index is -0.309. The van der Waals surface area contributed by atoms with Crippen molar-refractivity contribution in [2.24, 2.45) is 4.99 Å². The van der Waals surface area contributed by atoms with E-state index in [-0.39, 0.29) is 17.1 Å². The maximum Gasteiger partial charge on any atom is 0.176 e. The summed E-state index contributed by atoms with van der Waals surface area (Å²) in [6.45, 7) is 2.80. The fraction of sp³-hybridized carbons (Fsp3) is 0.292. The van der Waals surface area contributed by atoms with Crippen LogP contribution < -0.4 is 5.06 Å². The van der Waals surface area contributed by atoms with E-state index < -0.39 is 0 Å². The highest BCUT2D eigenvalue weighted by molar-refractivity contribution is 8.39. The Hall–Kier alpha value is -1.99. The molecule has 0 saturated heterocycles. The van der Waals surface area contributed by atoms with Crippen LogP contribution in [0.1, 0.15) is 24.2 Å². The third-order valence-corrected chi connectivity index (χ3v) is 8.32. The molecular formula is C24H24N2O2S2. The number of benzene rings is 3. The Labute approximate surface area is 185 Å². The van der Waals surface area contributed by atoms with Crippen LogP contribution in [-0.2, 0) is 14.3 Å². The molecule has 3 atom stereocenters. The average Bonchev–Trinajstić information content (AvgIpc) is 3.34. The maximum atomic E-state index is 6.76. The van der Waals surface area contributed by atoms with Gasteiger partial charge in [-0.05, 0) is 41.6 Å². The van der Waals surface area contributed by atoms with Crippen molar-refractivity contribution >= 4 is 44.4 Å². The first kappa shape index (κ1) is 19.9. The molecule has 3 aromatic rings. The van der Waals surface area contributed by atoms with Gasteiger partial charge in [0.1, 0.15) is 9.12 Å². The first-order valence-corrected chi connectivity index (χ1v) is 12.0. The quantitative estimate of drug-likeness (QED) is 0.502. The molecule has 30 heavy (non-hydrogen) atoms. The second-order valence-corrected chi connectivity index (χ2v) is 9.91. The van der Waals surface area contributed by atoms with Crippen molar-refractivity contribution in [2.45, 2.75) is 24.0 Å². The van der Waals surface area contributed by atoms with Gasteiger partial charge >= 0.3 is 0 Å². The zero-order chi connectivity index (χ0) is 20.7. The fourth-order valence-corrected chi connectivity index (χ4v) is 6.42. The summed E-state index contributed by atoms with van der Waals surface area (Å²) in [4.78, 5) is 10.7. The summed E-state index contributed by atoms with van der Waals surface area (Å²) in [6, 6.07) is 23.4. The molecule has 3 aromatic carbocycles. The fourth-order valence-electron chi connectivity index (χ4n) is 4.34. The molecule has 6 heteroatoms. The van der Waals surface area contributed by atoms with Gasteiger partial charge in [-0.3, -0.25) is 9.83 Å². The maximum absolute atomic E-state index is 6.76. The van der Waals surface area contributed by atoms with Crippen LogP contribution in [0.4, 0.5) is 5.69 Å². The lowest BCUT2D eigenvalue weighted by Crippen LogP contribution is -2.45. The molecule has 2 aliphatic heterocycles. The third kappa shape index (κ3) is 3.14. The highest BCUT2D eigenvalue weighted by Gasteiger charge is 2.56. The van der Waals surface area contributed by atoms with E-state index >= 15 is 0 Å². The number of nitrogens with zero attached hydrogens (tertiary/aromatic N) is 2.